The number of hydrogen-bond donors (Lipinski definition) is 2. The highest BCUT2D eigenvalue weighted by Gasteiger charge is 2.12. The van der Waals surface area contributed by atoms with Gasteiger partial charge in [-0.3, -0.25) is 4.79 Å². The Morgan fingerprint density at radius 1 is 1.05 bits per heavy atom. The van der Waals surface area contributed by atoms with E-state index in [0.717, 1.165) is 11.3 Å². The number of nitrogen functional groups attached to an aromatic ring is 1. The lowest BCUT2D eigenvalue weighted by Crippen LogP contribution is -2.15. The SMILES string of the molecule is COc1ccc(NC(=O)c2cc(OC)ccc2N)c(C)c1. The van der Waals surface area contributed by atoms with E-state index in [1.807, 2.05) is 13.0 Å². The minimum Gasteiger partial charge on any atom is -0.497 e. The number of nitrogens with one attached hydrogen (secondary N) is 1. The van der Waals surface area contributed by atoms with Gasteiger partial charge in [0.05, 0.1) is 19.8 Å². The summed E-state index contributed by atoms with van der Waals surface area (Å²) in [5, 5.41) is 2.84. The van der Waals surface area contributed by atoms with E-state index in [0.29, 0.717) is 22.7 Å². The van der Waals surface area contributed by atoms with Crippen LogP contribution in [0.15, 0.2) is 36.4 Å². The molecule has 5 heteroatoms. The minimum atomic E-state index is -0.278. The normalized spacial score (nSPS) is 10.0. The van der Waals surface area contributed by atoms with Gasteiger partial charge < -0.3 is 20.5 Å². The van der Waals surface area contributed by atoms with Gasteiger partial charge in [-0.1, -0.05) is 0 Å². The van der Waals surface area contributed by atoms with Crippen molar-refractivity contribution in [2.24, 2.45) is 0 Å². The van der Waals surface area contributed by atoms with Crippen molar-refractivity contribution in [2.75, 3.05) is 25.3 Å². The van der Waals surface area contributed by atoms with E-state index in [4.69, 9.17) is 15.2 Å². The van der Waals surface area contributed by atoms with Crippen molar-refractivity contribution < 1.29 is 14.3 Å². The fourth-order valence-corrected chi connectivity index (χ4v) is 1.95. The van der Waals surface area contributed by atoms with Crippen LogP contribution >= 0.6 is 0 Å². The summed E-state index contributed by atoms with van der Waals surface area (Å²) < 4.78 is 10.3. The van der Waals surface area contributed by atoms with E-state index in [-0.39, 0.29) is 5.91 Å². The van der Waals surface area contributed by atoms with Crippen molar-refractivity contribution >= 4 is 17.3 Å². The fourth-order valence-electron chi connectivity index (χ4n) is 1.95. The van der Waals surface area contributed by atoms with Gasteiger partial charge in [0.25, 0.3) is 5.91 Å². The number of carbonyl (C=O) groups is 1. The molecular weight excluding hydrogens is 268 g/mol. The number of anilines is 2. The lowest BCUT2D eigenvalue weighted by molar-refractivity contribution is 0.102. The molecule has 0 aliphatic rings. The molecule has 2 aromatic carbocycles. The highest BCUT2D eigenvalue weighted by atomic mass is 16.5. The summed E-state index contributed by atoms with van der Waals surface area (Å²) in [6.45, 7) is 1.90. The van der Waals surface area contributed by atoms with Crippen molar-refractivity contribution in [1.29, 1.82) is 0 Å². The number of ether oxygens (including phenoxy) is 2. The van der Waals surface area contributed by atoms with E-state index in [1.165, 1.54) is 0 Å². The largest absolute Gasteiger partial charge is 0.497 e. The van der Waals surface area contributed by atoms with Crippen LogP contribution in [0.2, 0.25) is 0 Å². The number of aryl methyl sites for hydroxylation is 1. The Balaban J connectivity index is 2.26. The molecule has 0 saturated heterocycles. The minimum absolute atomic E-state index is 0.278. The quantitative estimate of drug-likeness (QED) is 0.848. The molecule has 0 spiro atoms. The van der Waals surface area contributed by atoms with E-state index in [2.05, 4.69) is 5.32 Å². The molecular formula is C16H18N2O3. The van der Waals surface area contributed by atoms with Crippen LogP contribution in [0, 0.1) is 6.92 Å². The molecule has 0 unspecified atom stereocenters. The predicted molar refractivity (Wildman–Crippen MR) is 83.1 cm³/mol. The molecule has 0 bridgehead atoms. The van der Waals surface area contributed by atoms with Gasteiger partial charge in [0.2, 0.25) is 0 Å². The van der Waals surface area contributed by atoms with Gasteiger partial charge in [-0.15, -0.1) is 0 Å². The lowest BCUT2D eigenvalue weighted by Gasteiger charge is -2.12. The van der Waals surface area contributed by atoms with E-state index < -0.39 is 0 Å². The van der Waals surface area contributed by atoms with E-state index >= 15 is 0 Å². The number of hydrogen-bond acceptors (Lipinski definition) is 4. The highest BCUT2D eigenvalue weighted by Crippen LogP contribution is 2.24. The van der Waals surface area contributed by atoms with Gasteiger partial charge in [-0.05, 0) is 48.9 Å². The second-order valence-electron chi connectivity index (χ2n) is 4.59. The van der Waals surface area contributed by atoms with Gasteiger partial charge in [0, 0.05) is 11.4 Å². The molecule has 1 amide bonds. The standard InChI is InChI=1S/C16H18N2O3/c1-10-8-11(20-2)5-7-15(10)18-16(19)13-9-12(21-3)4-6-14(13)17/h4-9H,17H2,1-3H3,(H,18,19). The monoisotopic (exact) mass is 286 g/mol. The summed E-state index contributed by atoms with van der Waals surface area (Å²) in [5.41, 5.74) is 8.25. The van der Waals surface area contributed by atoms with Gasteiger partial charge in [0.1, 0.15) is 11.5 Å². The molecule has 21 heavy (non-hydrogen) atoms. The summed E-state index contributed by atoms with van der Waals surface area (Å²) >= 11 is 0. The van der Waals surface area contributed by atoms with E-state index in [1.54, 1.807) is 44.6 Å². The third-order valence-corrected chi connectivity index (χ3v) is 3.19. The maximum Gasteiger partial charge on any atom is 0.257 e. The number of carbonyl (C=O) groups excluding carboxylic acids is 1. The molecule has 5 nitrogen and oxygen atoms in total. The topological polar surface area (TPSA) is 73.6 Å². The number of amides is 1. The van der Waals surface area contributed by atoms with E-state index in [9.17, 15) is 4.79 Å². The Kier molecular flexibility index (Phi) is 4.33. The Labute approximate surface area is 123 Å². The molecule has 0 atom stereocenters. The van der Waals surface area contributed by atoms with Crippen LogP contribution in [0.1, 0.15) is 15.9 Å². The number of benzene rings is 2. The van der Waals surface area contributed by atoms with Crippen molar-refractivity contribution in [3.63, 3.8) is 0 Å². The van der Waals surface area contributed by atoms with Crippen LogP contribution in [-0.4, -0.2) is 20.1 Å². The fraction of sp³-hybridized carbons (Fsp3) is 0.188. The van der Waals surface area contributed by atoms with Gasteiger partial charge in [0.15, 0.2) is 0 Å². The maximum atomic E-state index is 12.3. The molecule has 3 N–H and O–H groups in total. The van der Waals surface area contributed by atoms with Gasteiger partial charge in [-0.25, -0.2) is 0 Å². The summed E-state index contributed by atoms with van der Waals surface area (Å²) in [6, 6.07) is 10.4. The third-order valence-electron chi connectivity index (χ3n) is 3.19. The molecule has 110 valence electrons. The Bertz CT molecular complexity index is 669. The zero-order chi connectivity index (χ0) is 15.4. The molecule has 0 saturated carbocycles. The molecule has 0 aliphatic heterocycles. The summed E-state index contributed by atoms with van der Waals surface area (Å²) in [7, 11) is 3.14. The second kappa shape index (κ2) is 6.17. The van der Waals surface area contributed by atoms with Crippen LogP contribution in [-0.2, 0) is 0 Å². The first-order valence-corrected chi connectivity index (χ1v) is 6.44. The first-order valence-electron chi connectivity index (χ1n) is 6.44. The van der Waals surface area contributed by atoms with Crippen LogP contribution in [0.3, 0.4) is 0 Å². The lowest BCUT2D eigenvalue weighted by atomic mass is 10.1. The van der Waals surface area contributed by atoms with Gasteiger partial charge >= 0.3 is 0 Å². The highest BCUT2D eigenvalue weighted by molar-refractivity contribution is 6.08. The van der Waals surface area contributed by atoms with Crippen molar-refractivity contribution in [1.82, 2.24) is 0 Å². The number of nitrogens with two attached hydrogens (primary N) is 1. The number of methoxy groups -OCH3 is 2. The summed E-state index contributed by atoms with van der Waals surface area (Å²) in [6.07, 6.45) is 0. The van der Waals surface area contributed by atoms with Crippen molar-refractivity contribution in [3.8, 4) is 11.5 Å². The molecule has 2 aromatic rings. The average molecular weight is 286 g/mol. The zero-order valence-electron chi connectivity index (χ0n) is 12.3. The first-order chi connectivity index (χ1) is 10.0. The average Bonchev–Trinajstić information content (AvgIpc) is 2.49. The number of rotatable bonds is 4. The molecule has 0 heterocycles. The molecule has 0 aliphatic carbocycles. The Morgan fingerprint density at radius 3 is 2.29 bits per heavy atom. The second-order valence-corrected chi connectivity index (χ2v) is 4.59. The maximum absolute atomic E-state index is 12.3. The summed E-state index contributed by atoms with van der Waals surface area (Å²) in [5.74, 6) is 1.05. The molecule has 0 fully saturated rings. The van der Waals surface area contributed by atoms with Crippen LogP contribution in [0.5, 0.6) is 11.5 Å². The smallest absolute Gasteiger partial charge is 0.257 e. The molecule has 0 aromatic heterocycles. The Hall–Kier alpha value is -2.69. The third kappa shape index (κ3) is 3.25. The first kappa shape index (κ1) is 14.7. The predicted octanol–water partition coefficient (Wildman–Crippen LogP) is 2.85. The molecule has 2 rings (SSSR count). The van der Waals surface area contributed by atoms with Gasteiger partial charge in [-0.2, -0.15) is 0 Å². The molecule has 0 radical (unpaired) electrons. The van der Waals surface area contributed by atoms with Crippen LogP contribution in [0.4, 0.5) is 11.4 Å². The Morgan fingerprint density at radius 2 is 1.67 bits per heavy atom. The summed E-state index contributed by atoms with van der Waals surface area (Å²) in [4.78, 5) is 12.3. The van der Waals surface area contributed by atoms with Crippen molar-refractivity contribution in [3.05, 3.63) is 47.5 Å². The van der Waals surface area contributed by atoms with Crippen molar-refractivity contribution in [2.45, 2.75) is 6.92 Å². The zero-order valence-corrected chi connectivity index (χ0v) is 12.3. The van der Waals surface area contributed by atoms with Crippen LogP contribution < -0.4 is 20.5 Å². The van der Waals surface area contributed by atoms with Crippen LogP contribution in [0.25, 0.3) is 0 Å².